The van der Waals surface area contributed by atoms with Crippen LogP contribution in [0.15, 0.2) is 18.5 Å². The molecular formula is C36H37F8N7O8. The molecule has 5 aliphatic heterocycles. The molecule has 3 saturated heterocycles. The molecule has 1 aromatic carbocycles. The summed E-state index contributed by atoms with van der Waals surface area (Å²) in [6, 6.07) is 2.00. The first-order chi connectivity index (χ1) is 27.8. The van der Waals surface area contributed by atoms with E-state index in [2.05, 4.69) is 20.1 Å². The van der Waals surface area contributed by atoms with Gasteiger partial charge in [0, 0.05) is 36.7 Å². The molecule has 0 spiro atoms. The summed E-state index contributed by atoms with van der Waals surface area (Å²) in [5.74, 6) is -5.64. The molecule has 320 valence electrons. The first kappa shape index (κ1) is 43.0. The second-order valence-electron chi connectivity index (χ2n) is 14.4. The zero-order valence-corrected chi connectivity index (χ0v) is 31.1. The number of rotatable bonds is 3. The van der Waals surface area contributed by atoms with Gasteiger partial charge in [-0.05, 0) is 69.2 Å². The summed E-state index contributed by atoms with van der Waals surface area (Å²) in [4.78, 5) is 48.7. The number of fused-ring (bicyclic) bond motifs is 8. The minimum Gasteiger partial charge on any atom is -0.475 e. The number of carboxylic acid groups (broad SMARTS) is 2. The minimum absolute atomic E-state index is 0.0265. The van der Waals surface area contributed by atoms with E-state index in [0.29, 0.717) is 62.1 Å². The molecule has 23 heteroatoms. The van der Waals surface area contributed by atoms with Crippen molar-refractivity contribution < 1.29 is 73.9 Å². The lowest BCUT2D eigenvalue weighted by Crippen LogP contribution is -2.43. The minimum atomic E-state index is -5.08. The molecule has 3 aromatic heterocycles. The van der Waals surface area contributed by atoms with Crippen molar-refractivity contribution in [3.8, 4) is 17.3 Å². The molecule has 0 radical (unpaired) electrons. The van der Waals surface area contributed by atoms with Crippen LogP contribution >= 0.6 is 0 Å². The van der Waals surface area contributed by atoms with Gasteiger partial charge in [-0.25, -0.2) is 23.2 Å². The number of nitrogens with zero attached hydrogens (tertiary/aromatic N) is 6. The quantitative estimate of drug-likeness (QED) is 0.154. The van der Waals surface area contributed by atoms with Gasteiger partial charge in [0.1, 0.15) is 35.9 Å². The number of hydrogen-bond acceptors (Lipinski definition) is 12. The molecule has 0 unspecified atom stereocenters. The number of carbonyl (C=O) groups excluding carboxylic acids is 1. The Hall–Kier alpha value is -5.61. The van der Waals surface area contributed by atoms with Gasteiger partial charge in [-0.2, -0.15) is 41.4 Å². The molecule has 0 aliphatic carbocycles. The number of anilines is 1. The fourth-order valence-corrected chi connectivity index (χ4v) is 7.81. The van der Waals surface area contributed by atoms with Gasteiger partial charge in [0.15, 0.2) is 5.82 Å². The summed E-state index contributed by atoms with van der Waals surface area (Å²) >= 11 is 0. The Morgan fingerprint density at radius 2 is 1.73 bits per heavy atom. The Morgan fingerprint density at radius 1 is 1.02 bits per heavy atom. The van der Waals surface area contributed by atoms with Crippen molar-refractivity contribution in [1.82, 2.24) is 30.0 Å². The van der Waals surface area contributed by atoms with Crippen molar-refractivity contribution in [2.45, 2.75) is 82.0 Å². The zero-order chi connectivity index (χ0) is 42.9. The number of piperidine rings is 1. The Balaban J connectivity index is 0.000000361. The number of aromatic amines is 1. The van der Waals surface area contributed by atoms with Gasteiger partial charge in [0.2, 0.25) is 0 Å². The van der Waals surface area contributed by atoms with E-state index in [1.54, 1.807) is 12.4 Å². The van der Waals surface area contributed by atoms with Crippen LogP contribution in [0.5, 0.6) is 6.01 Å². The van der Waals surface area contributed by atoms with Gasteiger partial charge in [-0.1, -0.05) is 0 Å². The zero-order valence-electron chi connectivity index (χ0n) is 31.1. The topological polar surface area (TPSA) is 193 Å². The van der Waals surface area contributed by atoms with Crippen molar-refractivity contribution in [2.75, 3.05) is 44.3 Å². The normalized spacial score (nSPS) is 22.1. The molecular weight excluding hydrogens is 810 g/mol. The second-order valence-corrected chi connectivity index (χ2v) is 14.4. The van der Waals surface area contributed by atoms with Crippen molar-refractivity contribution >= 4 is 45.7 Å². The predicted molar refractivity (Wildman–Crippen MR) is 189 cm³/mol. The Morgan fingerprint density at radius 3 is 2.42 bits per heavy atom. The highest BCUT2D eigenvalue weighted by molar-refractivity contribution is 5.99. The highest BCUT2D eigenvalue weighted by atomic mass is 19.4. The smallest absolute Gasteiger partial charge is 0.475 e. The summed E-state index contributed by atoms with van der Waals surface area (Å²) in [5, 5.41) is 22.6. The second kappa shape index (κ2) is 16.9. The first-order valence-corrected chi connectivity index (χ1v) is 18.3. The monoisotopic (exact) mass is 847 g/mol. The Labute approximate surface area is 328 Å². The van der Waals surface area contributed by atoms with E-state index in [0.717, 1.165) is 47.8 Å². The average Bonchev–Trinajstić information content (AvgIpc) is 3.86. The maximum atomic E-state index is 17.0. The molecule has 6 bridgehead atoms. The van der Waals surface area contributed by atoms with Gasteiger partial charge in [-0.15, -0.1) is 0 Å². The number of carbonyl (C=O) groups is 3. The molecule has 0 saturated carbocycles. The van der Waals surface area contributed by atoms with E-state index in [1.807, 2.05) is 17.9 Å². The SMILES string of the molecule is Cc1cc2[nH]ncc2c2c1CCCOC(=O)O[C@@H]1CCCN(C1)c1nc(OC[C@@]34CCCN3C[C@H](F)C4)nc3c(F)c-2ncc13.O=C(O)C(F)(F)F.O=C(O)C(F)(F)F. The molecule has 4 aromatic rings. The Bertz CT molecular complexity index is 2200. The number of aliphatic carboxylic acids is 2. The van der Waals surface area contributed by atoms with Crippen molar-refractivity contribution in [1.29, 1.82) is 0 Å². The van der Waals surface area contributed by atoms with E-state index < -0.39 is 54.1 Å². The number of hydrogen-bond donors (Lipinski definition) is 3. The van der Waals surface area contributed by atoms with Gasteiger partial charge >= 0.3 is 36.5 Å². The van der Waals surface area contributed by atoms with Gasteiger partial charge < -0.3 is 29.3 Å². The number of halogens is 8. The number of ether oxygens (including phenoxy) is 3. The summed E-state index contributed by atoms with van der Waals surface area (Å²) in [6.07, 6.45) is -4.27. The standard InChI is InChI=1S/C32H35F2N7O4.2C2HF3O2/c1-18-11-24-22(14-36-39-24)25-21(18)6-3-10-43-31(42)45-20-5-2-8-40(16-20)29-23-13-35-28(25)26(34)27(23)37-30(38-29)44-17-32-7-4-9-41(32)15-19(33)12-32;2*3-2(4,5)1(6)7/h11,13-14,19-20H,2-10,12,15-17H2,1H3,(H,36,39);2*(H,6,7)/t19-,20-,32+;;/m1../s1. The van der Waals surface area contributed by atoms with Crippen LogP contribution < -0.4 is 9.64 Å². The third-order valence-corrected chi connectivity index (χ3v) is 10.4. The van der Waals surface area contributed by atoms with E-state index >= 15 is 4.39 Å². The van der Waals surface area contributed by atoms with Crippen molar-refractivity contribution in [3.05, 3.63) is 35.4 Å². The number of alkyl halides is 7. The molecule has 0 amide bonds. The van der Waals surface area contributed by atoms with Crippen LogP contribution in [0.1, 0.15) is 49.7 Å². The third-order valence-electron chi connectivity index (χ3n) is 10.4. The average molecular weight is 848 g/mol. The summed E-state index contributed by atoms with van der Waals surface area (Å²) in [7, 11) is 0. The number of carboxylic acids is 2. The molecule has 9 rings (SSSR count). The number of H-pyrrole nitrogens is 1. The van der Waals surface area contributed by atoms with Crippen molar-refractivity contribution in [3.63, 3.8) is 0 Å². The van der Waals surface area contributed by atoms with Gasteiger partial charge in [0.25, 0.3) is 0 Å². The third kappa shape index (κ3) is 9.49. The van der Waals surface area contributed by atoms with Crippen LogP contribution in [0.3, 0.4) is 0 Å². The molecule has 15 nitrogen and oxygen atoms in total. The van der Waals surface area contributed by atoms with E-state index in [1.165, 1.54) is 0 Å². The Kier molecular flexibility index (Phi) is 12.3. The van der Waals surface area contributed by atoms with Crippen LogP contribution in [-0.2, 0) is 25.5 Å². The van der Waals surface area contributed by atoms with Crippen LogP contribution in [0.2, 0.25) is 0 Å². The van der Waals surface area contributed by atoms with E-state index in [4.69, 9.17) is 44.0 Å². The van der Waals surface area contributed by atoms with Crippen LogP contribution in [0.4, 0.5) is 45.7 Å². The lowest BCUT2D eigenvalue weighted by Gasteiger charge is -2.34. The summed E-state index contributed by atoms with van der Waals surface area (Å²) in [5.41, 5.74) is 3.03. The highest BCUT2D eigenvalue weighted by Gasteiger charge is 2.49. The summed E-state index contributed by atoms with van der Waals surface area (Å²) in [6.45, 7) is 4.53. The van der Waals surface area contributed by atoms with Crippen molar-refractivity contribution in [2.24, 2.45) is 0 Å². The molecule has 59 heavy (non-hydrogen) atoms. The molecule has 3 fully saturated rings. The first-order valence-electron chi connectivity index (χ1n) is 18.3. The van der Waals surface area contributed by atoms with Crippen LogP contribution in [0, 0.1) is 12.7 Å². The largest absolute Gasteiger partial charge is 0.508 e. The number of benzene rings is 1. The highest BCUT2D eigenvalue weighted by Crippen LogP contribution is 2.42. The molecule has 8 heterocycles. The lowest BCUT2D eigenvalue weighted by molar-refractivity contribution is -0.193. The fourth-order valence-electron chi connectivity index (χ4n) is 7.81. The van der Waals surface area contributed by atoms with Gasteiger partial charge in [-0.3, -0.25) is 15.0 Å². The number of pyridine rings is 1. The number of nitrogens with one attached hydrogen (secondary N) is 1. The molecule has 3 N–H and O–H groups in total. The van der Waals surface area contributed by atoms with E-state index in [9.17, 15) is 35.5 Å². The van der Waals surface area contributed by atoms with E-state index in [-0.39, 0.29) is 30.4 Å². The van der Waals surface area contributed by atoms with Crippen LogP contribution in [0.25, 0.3) is 33.1 Å². The number of aromatic nitrogens is 5. The molecule has 3 atom stereocenters. The lowest BCUT2D eigenvalue weighted by atomic mass is 9.92. The summed E-state index contributed by atoms with van der Waals surface area (Å²) < 4.78 is 112. The fraction of sp³-hybridized carbons (Fsp3) is 0.528. The molecule has 5 aliphatic rings. The maximum absolute atomic E-state index is 17.0. The van der Waals surface area contributed by atoms with Gasteiger partial charge in [0.05, 0.1) is 35.8 Å². The van der Waals surface area contributed by atoms with Crippen LogP contribution in [-0.4, -0.2) is 128 Å². The maximum Gasteiger partial charge on any atom is 0.508 e. The number of aryl methyl sites for hydroxylation is 1. The predicted octanol–water partition coefficient (Wildman–Crippen LogP) is 6.31.